The number of carbonyl (C=O) groups excluding carboxylic acids is 1. The highest BCUT2D eigenvalue weighted by molar-refractivity contribution is 5.84. The zero-order valence-corrected chi connectivity index (χ0v) is 20.5. The molecule has 7 heteroatoms. The quantitative estimate of drug-likeness (QED) is 0.246. The molecule has 0 saturated carbocycles. The molecule has 1 heterocycles. The van der Waals surface area contributed by atoms with E-state index in [1.807, 2.05) is 55.1 Å². The number of fused-ring (bicyclic) bond motifs is 1. The van der Waals surface area contributed by atoms with Crippen LogP contribution in [0.1, 0.15) is 24.1 Å². The highest BCUT2D eigenvalue weighted by Crippen LogP contribution is 2.29. The molecule has 0 saturated heterocycles. The first-order chi connectivity index (χ1) is 16.9. The molecule has 0 aliphatic heterocycles. The van der Waals surface area contributed by atoms with E-state index in [1.165, 1.54) is 12.7 Å². The molecular weight excluding hydrogens is 442 g/mol. The average molecular weight is 474 g/mol. The Kier molecular flexibility index (Phi) is 7.67. The van der Waals surface area contributed by atoms with Crippen molar-refractivity contribution in [1.29, 1.82) is 0 Å². The van der Waals surface area contributed by atoms with Crippen LogP contribution in [-0.4, -0.2) is 54.5 Å². The van der Waals surface area contributed by atoms with E-state index < -0.39 is 0 Å². The minimum atomic E-state index is -0.269. The van der Waals surface area contributed by atoms with Crippen LogP contribution in [0.4, 0.5) is 0 Å². The molecule has 1 aromatic heterocycles. The summed E-state index contributed by atoms with van der Waals surface area (Å²) in [7, 11) is 5.57. The fourth-order valence-corrected chi connectivity index (χ4v) is 4.04. The third kappa shape index (κ3) is 6.00. The number of imidazole rings is 1. The van der Waals surface area contributed by atoms with E-state index in [1.54, 1.807) is 0 Å². The lowest BCUT2D eigenvalue weighted by Crippen LogP contribution is -2.34. The number of hydrogen-bond donors (Lipinski definition) is 0. The predicted molar refractivity (Wildman–Crippen MR) is 136 cm³/mol. The molecule has 0 aliphatic rings. The number of aromatic nitrogens is 2. The highest BCUT2D eigenvalue weighted by Gasteiger charge is 2.22. The summed E-state index contributed by atoms with van der Waals surface area (Å²) in [5, 5.41) is 2.24. The van der Waals surface area contributed by atoms with Gasteiger partial charge in [0.25, 0.3) is 0 Å². The van der Waals surface area contributed by atoms with E-state index in [4.69, 9.17) is 9.47 Å². The number of likely N-dealkylation sites (N-methyl/N-ethyl adjacent to an activating group) is 1. The Balaban J connectivity index is 1.42. The fraction of sp³-hybridized carbons (Fsp3) is 0.286. The number of rotatable bonds is 10. The Hall–Kier alpha value is -3.84. The molecule has 0 amide bonds. The number of ether oxygens (including phenoxy) is 3. The zero-order chi connectivity index (χ0) is 24.8. The third-order valence-electron chi connectivity index (χ3n) is 6.25. The van der Waals surface area contributed by atoms with Crippen LogP contribution in [0.5, 0.6) is 11.5 Å². The van der Waals surface area contributed by atoms with E-state index in [0.717, 1.165) is 22.1 Å². The number of carbonyl (C=O) groups is 1. The van der Waals surface area contributed by atoms with Crippen molar-refractivity contribution in [3.63, 3.8) is 0 Å². The molecular formula is C28H31N3O4. The summed E-state index contributed by atoms with van der Waals surface area (Å²) in [6.45, 7) is 2.31. The van der Waals surface area contributed by atoms with E-state index in [-0.39, 0.29) is 31.3 Å². The standard InChI is InChI=1S/C28H31N3O4/c1-20(30(2)3)28(31-14-13-29-18-31)24-8-7-23-17-26(12-9-22(23)16-24)35-19-34-25-10-5-21(6-11-25)15-27(32)33-4/h5-14,16-18,20,28H,15,19H2,1-4H3. The van der Waals surface area contributed by atoms with Crippen LogP contribution in [0.3, 0.4) is 0 Å². The van der Waals surface area contributed by atoms with Gasteiger partial charge in [0.1, 0.15) is 11.5 Å². The van der Waals surface area contributed by atoms with Crippen molar-refractivity contribution in [3.05, 3.63) is 90.5 Å². The monoisotopic (exact) mass is 473 g/mol. The maximum absolute atomic E-state index is 11.4. The summed E-state index contributed by atoms with van der Waals surface area (Å²) in [5.74, 6) is 1.14. The van der Waals surface area contributed by atoms with Crippen LogP contribution in [0.15, 0.2) is 79.4 Å². The Morgan fingerprint density at radius 3 is 2.34 bits per heavy atom. The van der Waals surface area contributed by atoms with Crippen molar-refractivity contribution >= 4 is 16.7 Å². The van der Waals surface area contributed by atoms with E-state index >= 15 is 0 Å². The average Bonchev–Trinajstić information content (AvgIpc) is 3.39. The first kappa shape index (κ1) is 24.3. The zero-order valence-electron chi connectivity index (χ0n) is 20.5. The molecule has 0 spiro atoms. The summed E-state index contributed by atoms with van der Waals surface area (Å²) >= 11 is 0. The molecule has 0 N–H and O–H groups in total. The second-order valence-corrected chi connectivity index (χ2v) is 8.73. The topological polar surface area (TPSA) is 65.8 Å². The summed E-state index contributed by atoms with van der Waals surface area (Å²) < 4.78 is 18.4. The lowest BCUT2D eigenvalue weighted by atomic mass is 9.96. The van der Waals surface area contributed by atoms with Gasteiger partial charge in [0.2, 0.25) is 6.79 Å². The third-order valence-corrected chi connectivity index (χ3v) is 6.25. The summed E-state index contributed by atoms with van der Waals surface area (Å²) in [6, 6.07) is 20.3. The molecule has 2 unspecified atom stereocenters. The molecule has 0 fully saturated rings. The summed E-state index contributed by atoms with van der Waals surface area (Å²) in [6.07, 6.45) is 5.94. The van der Waals surface area contributed by atoms with Crippen molar-refractivity contribution in [3.8, 4) is 11.5 Å². The maximum atomic E-state index is 11.4. The van der Waals surface area contributed by atoms with Gasteiger partial charge in [0, 0.05) is 18.4 Å². The fourth-order valence-electron chi connectivity index (χ4n) is 4.04. The van der Waals surface area contributed by atoms with Gasteiger partial charge in [-0.25, -0.2) is 4.98 Å². The SMILES string of the molecule is COC(=O)Cc1ccc(OCOc2ccc3cc(C(C(C)N(C)C)n4ccnc4)ccc3c2)cc1. The minimum absolute atomic E-state index is 0.0863. The molecule has 0 aliphatic carbocycles. The Morgan fingerprint density at radius 1 is 0.971 bits per heavy atom. The van der Waals surface area contributed by atoms with Gasteiger partial charge in [-0.15, -0.1) is 0 Å². The van der Waals surface area contributed by atoms with Crippen molar-refractivity contribution < 1.29 is 19.0 Å². The van der Waals surface area contributed by atoms with E-state index in [2.05, 4.69) is 64.5 Å². The maximum Gasteiger partial charge on any atom is 0.309 e. The molecule has 182 valence electrons. The molecule has 0 bridgehead atoms. The van der Waals surface area contributed by atoms with Gasteiger partial charge >= 0.3 is 5.97 Å². The second-order valence-electron chi connectivity index (χ2n) is 8.73. The first-order valence-electron chi connectivity index (χ1n) is 11.5. The van der Waals surface area contributed by atoms with Gasteiger partial charge in [-0.2, -0.15) is 0 Å². The number of methoxy groups -OCH3 is 1. The van der Waals surface area contributed by atoms with Gasteiger partial charge in [-0.3, -0.25) is 4.79 Å². The summed E-state index contributed by atoms with van der Waals surface area (Å²) in [4.78, 5) is 17.8. The van der Waals surface area contributed by atoms with Crippen LogP contribution in [0.2, 0.25) is 0 Å². The van der Waals surface area contributed by atoms with Gasteiger partial charge < -0.3 is 23.7 Å². The lowest BCUT2D eigenvalue weighted by Gasteiger charge is -2.31. The molecule has 7 nitrogen and oxygen atoms in total. The number of nitrogens with zero attached hydrogens (tertiary/aromatic N) is 3. The Bertz CT molecular complexity index is 1250. The van der Waals surface area contributed by atoms with Gasteiger partial charge in [0.05, 0.1) is 25.9 Å². The Morgan fingerprint density at radius 2 is 1.66 bits per heavy atom. The largest absolute Gasteiger partial charge is 0.469 e. The first-order valence-corrected chi connectivity index (χ1v) is 11.5. The van der Waals surface area contributed by atoms with Crippen LogP contribution in [0, 0.1) is 0 Å². The normalized spacial score (nSPS) is 12.9. The number of hydrogen-bond acceptors (Lipinski definition) is 6. The molecule has 4 rings (SSSR count). The highest BCUT2D eigenvalue weighted by atomic mass is 16.7. The van der Waals surface area contributed by atoms with Crippen LogP contribution in [0.25, 0.3) is 10.8 Å². The molecule has 0 radical (unpaired) electrons. The Labute approximate surface area is 205 Å². The predicted octanol–water partition coefficient (Wildman–Crippen LogP) is 4.71. The van der Waals surface area contributed by atoms with Gasteiger partial charge in [0.15, 0.2) is 0 Å². The smallest absolute Gasteiger partial charge is 0.309 e. The molecule has 2 atom stereocenters. The van der Waals surface area contributed by atoms with Crippen molar-refractivity contribution in [2.75, 3.05) is 28.0 Å². The lowest BCUT2D eigenvalue weighted by molar-refractivity contribution is -0.139. The molecule has 3 aromatic carbocycles. The van der Waals surface area contributed by atoms with E-state index in [0.29, 0.717) is 5.75 Å². The van der Waals surface area contributed by atoms with Gasteiger partial charge in [-0.05, 0) is 73.3 Å². The summed E-state index contributed by atoms with van der Waals surface area (Å²) in [5.41, 5.74) is 2.10. The minimum Gasteiger partial charge on any atom is -0.469 e. The molecule has 4 aromatic rings. The van der Waals surface area contributed by atoms with Crippen molar-refractivity contribution in [2.24, 2.45) is 0 Å². The second kappa shape index (κ2) is 11.1. The van der Waals surface area contributed by atoms with Crippen molar-refractivity contribution in [2.45, 2.75) is 25.4 Å². The van der Waals surface area contributed by atoms with Crippen LogP contribution in [-0.2, 0) is 16.0 Å². The molecule has 35 heavy (non-hydrogen) atoms. The number of benzene rings is 3. The van der Waals surface area contributed by atoms with E-state index in [9.17, 15) is 4.79 Å². The van der Waals surface area contributed by atoms with Crippen LogP contribution >= 0.6 is 0 Å². The van der Waals surface area contributed by atoms with Crippen LogP contribution < -0.4 is 9.47 Å². The number of esters is 1. The van der Waals surface area contributed by atoms with Gasteiger partial charge in [-0.1, -0.05) is 30.3 Å². The van der Waals surface area contributed by atoms with Crippen molar-refractivity contribution in [1.82, 2.24) is 14.5 Å².